The molecule has 154 valence electrons. The van der Waals surface area contributed by atoms with Gasteiger partial charge in [0.05, 0.1) is 20.9 Å². The molecule has 0 atom stereocenters. The fourth-order valence-electron chi connectivity index (χ4n) is 4.13. The number of thiophene rings is 3. The van der Waals surface area contributed by atoms with Gasteiger partial charge in [0, 0.05) is 9.75 Å². The van der Waals surface area contributed by atoms with E-state index in [1.54, 1.807) is 12.1 Å². The Morgan fingerprint density at radius 2 is 1.19 bits per heavy atom. The lowest BCUT2D eigenvalue weighted by atomic mass is 10.1. The molecule has 0 spiro atoms. The minimum Gasteiger partial charge on any atom is -0.312 e. The van der Waals surface area contributed by atoms with Gasteiger partial charge >= 0.3 is 0 Å². The lowest BCUT2D eigenvalue weighted by Crippen LogP contribution is -2.11. The van der Waals surface area contributed by atoms with E-state index in [1.165, 1.54) is 32.4 Å². The van der Waals surface area contributed by atoms with Crippen LogP contribution in [-0.4, -0.2) is 11.8 Å². The van der Waals surface area contributed by atoms with Gasteiger partial charge in [-0.05, 0) is 61.8 Å². The van der Waals surface area contributed by atoms with E-state index in [9.17, 15) is 20.1 Å². The Hall–Kier alpha value is -2.98. The molecule has 0 saturated heterocycles. The quantitative estimate of drug-likeness (QED) is 0.560. The molecule has 0 aromatic carbocycles. The van der Waals surface area contributed by atoms with Crippen LogP contribution in [0.4, 0.5) is 10.0 Å². The van der Waals surface area contributed by atoms with Crippen molar-refractivity contribution in [3.05, 3.63) is 53.9 Å². The molecule has 0 aliphatic heterocycles. The summed E-state index contributed by atoms with van der Waals surface area (Å²) in [5.74, 6) is -0.651. The van der Waals surface area contributed by atoms with Gasteiger partial charge < -0.3 is 10.6 Å². The Morgan fingerprint density at radius 3 is 1.61 bits per heavy atom. The number of anilines is 2. The Morgan fingerprint density at radius 1 is 0.742 bits per heavy atom. The highest BCUT2D eigenvalue weighted by atomic mass is 32.1. The van der Waals surface area contributed by atoms with Gasteiger partial charge in [0.1, 0.15) is 22.1 Å². The Kier molecular flexibility index (Phi) is 5.11. The van der Waals surface area contributed by atoms with Gasteiger partial charge in [-0.15, -0.1) is 34.0 Å². The third kappa shape index (κ3) is 3.45. The summed E-state index contributed by atoms with van der Waals surface area (Å²) in [7, 11) is 0. The second-order valence-electron chi connectivity index (χ2n) is 7.42. The van der Waals surface area contributed by atoms with Gasteiger partial charge in [-0.2, -0.15) is 10.5 Å². The Balaban J connectivity index is 1.31. The van der Waals surface area contributed by atoms with Crippen molar-refractivity contribution in [3.63, 3.8) is 0 Å². The maximum atomic E-state index is 12.7. The molecule has 2 aliphatic rings. The van der Waals surface area contributed by atoms with Crippen LogP contribution < -0.4 is 10.6 Å². The van der Waals surface area contributed by atoms with Crippen LogP contribution in [0, 0.1) is 22.7 Å². The van der Waals surface area contributed by atoms with E-state index in [1.807, 2.05) is 0 Å². The van der Waals surface area contributed by atoms with Crippen molar-refractivity contribution in [2.75, 3.05) is 10.6 Å². The summed E-state index contributed by atoms with van der Waals surface area (Å²) in [6.45, 7) is 0. The smallest absolute Gasteiger partial charge is 0.266 e. The van der Waals surface area contributed by atoms with E-state index >= 15 is 0 Å². The molecular formula is C22H16N4O2S3. The molecule has 5 rings (SSSR count). The summed E-state index contributed by atoms with van der Waals surface area (Å²) in [6, 6.07) is 7.67. The average molecular weight is 465 g/mol. The number of rotatable bonds is 4. The first-order valence-corrected chi connectivity index (χ1v) is 12.4. The van der Waals surface area contributed by atoms with Crippen molar-refractivity contribution in [2.45, 2.75) is 38.5 Å². The van der Waals surface area contributed by atoms with E-state index in [0.717, 1.165) is 61.0 Å². The van der Waals surface area contributed by atoms with Crippen molar-refractivity contribution in [1.29, 1.82) is 10.5 Å². The van der Waals surface area contributed by atoms with Crippen LogP contribution in [0.5, 0.6) is 0 Å². The van der Waals surface area contributed by atoms with Gasteiger partial charge in [0.15, 0.2) is 0 Å². The first-order valence-electron chi connectivity index (χ1n) is 9.91. The van der Waals surface area contributed by atoms with E-state index in [2.05, 4.69) is 22.8 Å². The summed E-state index contributed by atoms with van der Waals surface area (Å²) in [5.41, 5.74) is 3.25. The molecule has 3 heterocycles. The standard InChI is InChI=1S/C22H16N4O2S3/c23-9-13-11-3-1-5-15(11)30-21(13)25-19(27)17-7-8-18(29-17)20(28)26-22-14(10-24)12-4-2-6-16(12)31-22/h7-8H,1-6H2,(H,25,27)(H,26,28). The summed E-state index contributed by atoms with van der Waals surface area (Å²) >= 11 is 4.03. The van der Waals surface area contributed by atoms with Gasteiger partial charge in [0.2, 0.25) is 0 Å². The van der Waals surface area contributed by atoms with Gasteiger partial charge in [-0.1, -0.05) is 0 Å². The van der Waals surface area contributed by atoms with Gasteiger partial charge in [0.25, 0.3) is 11.8 Å². The topological polar surface area (TPSA) is 106 Å². The van der Waals surface area contributed by atoms with E-state index in [0.29, 0.717) is 30.9 Å². The molecule has 2 amide bonds. The van der Waals surface area contributed by atoms with Crippen LogP contribution in [0.15, 0.2) is 12.1 Å². The molecule has 9 heteroatoms. The third-order valence-electron chi connectivity index (χ3n) is 5.57. The normalized spacial score (nSPS) is 13.9. The molecular weight excluding hydrogens is 448 g/mol. The molecule has 0 unspecified atom stereocenters. The highest BCUT2D eigenvalue weighted by Gasteiger charge is 2.25. The lowest BCUT2D eigenvalue weighted by Gasteiger charge is -2.03. The highest BCUT2D eigenvalue weighted by Crippen LogP contribution is 2.40. The van der Waals surface area contributed by atoms with Gasteiger partial charge in [-0.3, -0.25) is 9.59 Å². The predicted octanol–water partition coefficient (Wildman–Crippen LogP) is 5.10. The molecule has 3 aromatic heterocycles. The van der Waals surface area contributed by atoms with Crippen molar-refractivity contribution >= 4 is 55.8 Å². The minimum absolute atomic E-state index is 0.326. The van der Waals surface area contributed by atoms with Crippen LogP contribution in [0.3, 0.4) is 0 Å². The number of nitriles is 2. The molecule has 6 nitrogen and oxygen atoms in total. The summed E-state index contributed by atoms with van der Waals surface area (Å²) in [5, 5.41) is 25.9. The van der Waals surface area contributed by atoms with E-state index in [-0.39, 0.29) is 11.8 Å². The summed E-state index contributed by atoms with van der Waals surface area (Å²) in [6.07, 6.45) is 5.76. The Bertz CT molecular complexity index is 1220. The predicted molar refractivity (Wildman–Crippen MR) is 122 cm³/mol. The third-order valence-corrected chi connectivity index (χ3v) is 9.07. The highest BCUT2D eigenvalue weighted by molar-refractivity contribution is 7.18. The molecule has 3 aromatic rings. The summed E-state index contributed by atoms with van der Waals surface area (Å²) < 4.78 is 0. The number of hydrogen-bond donors (Lipinski definition) is 2. The maximum Gasteiger partial charge on any atom is 0.266 e. The molecule has 2 N–H and O–H groups in total. The van der Waals surface area contributed by atoms with Crippen molar-refractivity contribution < 1.29 is 9.59 Å². The number of carbonyl (C=O) groups is 2. The lowest BCUT2D eigenvalue weighted by molar-refractivity contribution is 0.102. The molecule has 0 fully saturated rings. The second-order valence-corrected chi connectivity index (χ2v) is 10.7. The van der Waals surface area contributed by atoms with Gasteiger partial charge in [-0.25, -0.2) is 0 Å². The number of hydrogen-bond acceptors (Lipinski definition) is 7. The molecule has 0 radical (unpaired) electrons. The number of fused-ring (bicyclic) bond motifs is 2. The number of aryl methyl sites for hydroxylation is 2. The first kappa shape index (κ1) is 20.0. The zero-order valence-electron chi connectivity index (χ0n) is 16.3. The molecule has 31 heavy (non-hydrogen) atoms. The van der Waals surface area contributed by atoms with Crippen molar-refractivity contribution in [1.82, 2.24) is 0 Å². The van der Waals surface area contributed by atoms with Crippen molar-refractivity contribution in [3.8, 4) is 12.1 Å². The number of nitrogens with zero attached hydrogens (tertiary/aromatic N) is 2. The number of carbonyl (C=O) groups excluding carboxylic acids is 2. The fraction of sp³-hybridized carbons (Fsp3) is 0.273. The Labute approximate surface area is 190 Å². The maximum absolute atomic E-state index is 12.7. The fourth-order valence-corrected chi connectivity index (χ4v) is 7.40. The minimum atomic E-state index is -0.326. The monoisotopic (exact) mass is 464 g/mol. The van der Waals surface area contributed by atoms with Crippen LogP contribution >= 0.6 is 34.0 Å². The first-order chi connectivity index (χ1) is 15.1. The zero-order chi connectivity index (χ0) is 21.5. The summed E-state index contributed by atoms with van der Waals surface area (Å²) in [4.78, 5) is 28.6. The number of nitrogens with one attached hydrogen (secondary N) is 2. The molecule has 2 aliphatic carbocycles. The second kappa shape index (κ2) is 7.93. The van der Waals surface area contributed by atoms with E-state index in [4.69, 9.17) is 0 Å². The van der Waals surface area contributed by atoms with Crippen molar-refractivity contribution in [2.24, 2.45) is 0 Å². The zero-order valence-corrected chi connectivity index (χ0v) is 18.8. The SMILES string of the molecule is N#Cc1c(NC(=O)c2ccc(C(=O)Nc3sc4c(c3C#N)CCC4)s2)sc2c1CCC2. The number of amides is 2. The average Bonchev–Trinajstić information content (AvgIpc) is 3.53. The van der Waals surface area contributed by atoms with Crippen LogP contribution in [0.1, 0.15) is 64.2 Å². The van der Waals surface area contributed by atoms with Crippen LogP contribution in [0.25, 0.3) is 0 Å². The van der Waals surface area contributed by atoms with Crippen LogP contribution in [-0.2, 0) is 25.7 Å². The van der Waals surface area contributed by atoms with E-state index < -0.39 is 0 Å². The molecule has 0 saturated carbocycles. The largest absolute Gasteiger partial charge is 0.312 e. The molecule has 0 bridgehead atoms. The van der Waals surface area contributed by atoms with Crippen LogP contribution in [0.2, 0.25) is 0 Å².